The van der Waals surface area contributed by atoms with E-state index in [0.29, 0.717) is 16.1 Å². The zero-order valence-electron chi connectivity index (χ0n) is 9.44. The molecule has 1 N–H and O–H groups in total. The van der Waals surface area contributed by atoms with Crippen molar-refractivity contribution in [3.63, 3.8) is 0 Å². The second-order valence-corrected chi connectivity index (χ2v) is 5.13. The molecular weight excluding hydrogens is 215 g/mol. The fraction of sp³-hybridized carbons (Fsp3) is 0.500. The Morgan fingerprint density at radius 3 is 2.07 bits per heavy atom. The van der Waals surface area contributed by atoms with Gasteiger partial charge in [0.05, 0.1) is 5.60 Å². The maximum atomic E-state index is 13.6. The van der Waals surface area contributed by atoms with Gasteiger partial charge in [0.15, 0.2) is 0 Å². The van der Waals surface area contributed by atoms with Crippen molar-refractivity contribution in [1.82, 2.24) is 0 Å². The average Bonchev–Trinajstić information content (AvgIpc) is 1.99. The summed E-state index contributed by atoms with van der Waals surface area (Å²) in [5.41, 5.74) is -1.30. The number of alkyl halides is 1. The summed E-state index contributed by atoms with van der Waals surface area (Å²) in [4.78, 5) is 0. The van der Waals surface area contributed by atoms with E-state index in [1.807, 2.05) is 0 Å². The molecule has 0 aliphatic heterocycles. The molecule has 0 unspecified atom stereocenters. The van der Waals surface area contributed by atoms with Crippen molar-refractivity contribution in [2.75, 3.05) is 0 Å². The molecule has 1 aromatic rings. The summed E-state index contributed by atoms with van der Waals surface area (Å²) < 4.78 is 13.6. The Balaban J connectivity index is 3.21. The van der Waals surface area contributed by atoms with Gasteiger partial charge in [0, 0.05) is 10.6 Å². The van der Waals surface area contributed by atoms with Gasteiger partial charge in [-0.3, -0.25) is 0 Å². The van der Waals surface area contributed by atoms with E-state index in [9.17, 15) is 9.50 Å². The summed E-state index contributed by atoms with van der Waals surface area (Å²) in [5, 5.41) is 10.2. The summed E-state index contributed by atoms with van der Waals surface area (Å²) in [6.07, 6.45) is 0. The lowest BCUT2D eigenvalue weighted by Crippen LogP contribution is -2.17. The molecule has 84 valence electrons. The SMILES string of the molecule is CC(C)(O)c1ccc(C(C)(C)F)cc1Cl. The smallest absolute Gasteiger partial charge is 0.130 e. The van der Waals surface area contributed by atoms with Crippen molar-refractivity contribution < 1.29 is 9.50 Å². The highest BCUT2D eigenvalue weighted by atomic mass is 35.5. The predicted molar refractivity (Wildman–Crippen MR) is 60.8 cm³/mol. The molecule has 0 aliphatic rings. The van der Waals surface area contributed by atoms with Crippen molar-refractivity contribution in [2.24, 2.45) is 0 Å². The molecule has 0 amide bonds. The molecule has 3 heteroatoms. The molecule has 0 bridgehead atoms. The van der Waals surface area contributed by atoms with Crippen molar-refractivity contribution in [3.8, 4) is 0 Å². The maximum Gasteiger partial charge on any atom is 0.130 e. The van der Waals surface area contributed by atoms with Crippen molar-refractivity contribution in [2.45, 2.75) is 39.0 Å². The first-order chi connectivity index (χ1) is 6.62. The van der Waals surface area contributed by atoms with Crippen LogP contribution in [0.5, 0.6) is 0 Å². The van der Waals surface area contributed by atoms with Gasteiger partial charge in [0.25, 0.3) is 0 Å². The standard InChI is InChI=1S/C12H16ClFO/c1-11(2,14)8-5-6-9(10(13)7-8)12(3,4)15/h5-7,15H,1-4H3. The molecule has 0 saturated carbocycles. The number of aliphatic hydroxyl groups is 1. The summed E-state index contributed by atoms with van der Waals surface area (Å²) in [6, 6.07) is 4.88. The Bertz CT molecular complexity index is 361. The van der Waals surface area contributed by atoms with Gasteiger partial charge in [0.1, 0.15) is 5.67 Å². The Morgan fingerprint density at radius 1 is 1.20 bits per heavy atom. The van der Waals surface area contributed by atoms with Gasteiger partial charge in [-0.2, -0.15) is 0 Å². The van der Waals surface area contributed by atoms with Crippen LogP contribution in [-0.2, 0) is 11.3 Å². The average molecular weight is 231 g/mol. The van der Waals surface area contributed by atoms with E-state index in [1.54, 1.807) is 32.0 Å². The first-order valence-corrected chi connectivity index (χ1v) is 5.22. The Labute approximate surface area is 94.9 Å². The highest BCUT2D eigenvalue weighted by Gasteiger charge is 2.23. The van der Waals surface area contributed by atoms with Crippen LogP contribution in [0.25, 0.3) is 0 Å². The molecule has 0 heterocycles. The number of hydrogen-bond acceptors (Lipinski definition) is 1. The topological polar surface area (TPSA) is 20.2 Å². The van der Waals surface area contributed by atoms with E-state index in [1.165, 1.54) is 13.8 Å². The largest absolute Gasteiger partial charge is 0.386 e. The molecule has 1 nitrogen and oxygen atoms in total. The summed E-state index contributed by atoms with van der Waals surface area (Å²) >= 11 is 5.99. The monoisotopic (exact) mass is 230 g/mol. The second-order valence-electron chi connectivity index (χ2n) is 4.73. The lowest BCUT2D eigenvalue weighted by molar-refractivity contribution is 0.0786. The second kappa shape index (κ2) is 3.76. The van der Waals surface area contributed by atoms with E-state index in [4.69, 9.17) is 11.6 Å². The molecule has 0 saturated heterocycles. The molecule has 0 atom stereocenters. The molecule has 0 fully saturated rings. The predicted octanol–water partition coefficient (Wildman–Crippen LogP) is 3.77. The number of halogens is 2. The van der Waals surface area contributed by atoms with E-state index >= 15 is 0 Å². The highest BCUT2D eigenvalue weighted by molar-refractivity contribution is 6.31. The minimum Gasteiger partial charge on any atom is -0.386 e. The molecule has 0 aliphatic carbocycles. The van der Waals surface area contributed by atoms with Crippen LogP contribution in [0, 0.1) is 0 Å². The Hall–Kier alpha value is -0.600. The summed E-state index contributed by atoms with van der Waals surface area (Å²) in [5.74, 6) is 0. The Kier molecular flexibility index (Phi) is 3.13. The molecule has 1 rings (SSSR count). The van der Waals surface area contributed by atoms with E-state index in [2.05, 4.69) is 0 Å². The first kappa shape index (κ1) is 12.5. The van der Waals surface area contributed by atoms with Crippen LogP contribution >= 0.6 is 11.6 Å². The first-order valence-electron chi connectivity index (χ1n) is 4.84. The molecule has 0 aromatic heterocycles. The lowest BCUT2D eigenvalue weighted by Gasteiger charge is -2.22. The third kappa shape index (κ3) is 2.93. The van der Waals surface area contributed by atoms with Gasteiger partial charge in [-0.15, -0.1) is 0 Å². The van der Waals surface area contributed by atoms with Gasteiger partial charge in [-0.1, -0.05) is 23.7 Å². The van der Waals surface area contributed by atoms with Crippen LogP contribution in [0.3, 0.4) is 0 Å². The van der Waals surface area contributed by atoms with Gasteiger partial charge in [-0.25, -0.2) is 4.39 Å². The minimum absolute atomic E-state index is 0.394. The van der Waals surface area contributed by atoms with Gasteiger partial charge in [0.2, 0.25) is 0 Å². The van der Waals surface area contributed by atoms with Crippen LogP contribution < -0.4 is 0 Å². The van der Waals surface area contributed by atoms with Crippen LogP contribution in [0.1, 0.15) is 38.8 Å². The quantitative estimate of drug-likeness (QED) is 0.820. The maximum absolute atomic E-state index is 13.6. The van der Waals surface area contributed by atoms with Crippen LogP contribution in [-0.4, -0.2) is 5.11 Å². The zero-order chi connectivity index (χ0) is 11.9. The van der Waals surface area contributed by atoms with Crippen LogP contribution in [0.4, 0.5) is 4.39 Å². The van der Waals surface area contributed by atoms with Crippen molar-refractivity contribution in [3.05, 3.63) is 34.3 Å². The Morgan fingerprint density at radius 2 is 1.73 bits per heavy atom. The van der Waals surface area contributed by atoms with Crippen molar-refractivity contribution in [1.29, 1.82) is 0 Å². The van der Waals surface area contributed by atoms with E-state index < -0.39 is 11.3 Å². The molecule has 0 radical (unpaired) electrons. The van der Waals surface area contributed by atoms with Crippen molar-refractivity contribution >= 4 is 11.6 Å². The zero-order valence-corrected chi connectivity index (χ0v) is 10.2. The fourth-order valence-electron chi connectivity index (χ4n) is 1.38. The normalized spacial score (nSPS) is 13.0. The summed E-state index contributed by atoms with van der Waals surface area (Å²) in [6.45, 7) is 6.24. The number of rotatable bonds is 2. The lowest BCUT2D eigenvalue weighted by atomic mass is 9.93. The third-order valence-corrected chi connectivity index (χ3v) is 2.63. The van der Waals surface area contributed by atoms with Crippen LogP contribution in [0.2, 0.25) is 5.02 Å². The van der Waals surface area contributed by atoms with E-state index in [-0.39, 0.29) is 0 Å². The minimum atomic E-state index is -1.41. The summed E-state index contributed by atoms with van der Waals surface area (Å²) in [7, 11) is 0. The fourth-order valence-corrected chi connectivity index (χ4v) is 1.79. The van der Waals surface area contributed by atoms with Crippen LogP contribution in [0.15, 0.2) is 18.2 Å². The van der Waals surface area contributed by atoms with Gasteiger partial charge < -0.3 is 5.11 Å². The van der Waals surface area contributed by atoms with Gasteiger partial charge in [-0.05, 0) is 39.3 Å². The van der Waals surface area contributed by atoms with Gasteiger partial charge >= 0.3 is 0 Å². The highest BCUT2D eigenvalue weighted by Crippen LogP contribution is 2.32. The molecule has 15 heavy (non-hydrogen) atoms. The number of hydrogen-bond donors (Lipinski definition) is 1. The number of benzene rings is 1. The third-order valence-electron chi connectivity index (χ3n) is 2.31. The molecule has 0 spiro atoms. The molecule has 1 aromatic carbocycles. The van der Waals surface area contributed by atoms with E-state index in [0.717, 1.165) is 0 Å². The molecular formula is C12H16ClFO.